The lowest BCUT2D eigenvalue weighted by Crippen LogP contribution is -2.10. The van der Waals surface area contributed by atoms with Gasteiger partial charge in [0.05, 0.1) is 5.69 Å². The van der Waals surface area contributed by atoms with Crippen LogP contribution < -0.4 is 4.90 Å². The highest BCUT2D eigenvalue weighted by atomic mass is 16.3. The predicted molar refractivity (Wildman–Crippen MR) is 228 cm³/mol. The van der Waals surface area contributed by atoms with E-state index in [-0.39, 0.29) is 0 Å². The summed E-state index contributed by atoms with van der Waals surface area (Å²) in [4.78, 5) is 2.37. The van der Waals surface area contributed by atoms with Crippen molar-refractivity contribution in [1.82, 2.24) is 0 Å². The highest BCUT2D eigenvalue weighted by Crippen LogP contribution is 2.41. The van der Waals surface area contributed by atoms with Crippen molar-refractivity contribution < 1.29 is 4.42 Å². The smallest absolute Gasteiger partial charge is 0.135 e. The van der Waals surface area contributed by atoms with E-state index in [0.717, 1.165) is 44.9 Å². The highest BCUT2D eigenvalue weighted by molar-refractivity contribution is 6.00. The third-order valence-corrected chi connectivity index (χ3v) is 10.5. The van der Waals surface area contributed by atoms with Gasteiger partial charge in [-0.1, -0.05) is 164 Å². The molecule has 10 aromatic rings. The summed E-state index contributed by atoms with van der Waals surface area (Å²) in [5.41, 5.74) is 12.5. The zero-order valence-electron chi connectivity index (χ0n) is 29.6. The Bertz CT molecular complexity index is 2880. The van der Waals surface area contributed by atoms with Crippen LogP contribution in [0.25, 0.3) is 77.2 Å². The van der Waals surface area contributed by atoms with Crippen LogP contribution in [0.4, 0.5) is 17.1 Å². The molecule has 0 aliphatic rings. The molecule has 0 radical (unpaired) electrons. The summed E-state index contributed by atoms with van der Waals surface area (Å²) < 4.78 is 6.16. The summed E-state index contributed by atoms with van der Waals surface area (Å²) in [7, 11) is 0. The molecule has 254 valence electrons. The van der Waals surface area contributed by atoms with Gasteiger partial charge in [-0.2, -0.15) is 0 Å². The van der Waals surface area contributed by atoms with Crippen molar-refractivity contribution in [2.45, 2.75) is 0 Å². The molecule has 0 unspecified atom stereocenters. The molecule has 54 heavy (non-hydrogen) atoms. The average molecular weight is 690 g/mol. The van der Waals surface area contributed by atoms with Crippen LogP contribution in [0, 0.1) is 0 Å². The Hall–Kier alpha value is -7.16. The minimum atomic E-state index is 0.882. The van der Waals surface area contributed by atoms with Crippen molar-refractivity contribution in [2.24, 2.45) is 0 Å². The summed E-state index contributed by atoms with van der Waals surface area (Å²) in [6.45, 7) is 0. The number of fused-ring (bicyclic) bond motifs is 3. The van der Waals surface area contributed by atoms with Crippen LogP contribution in [0.15, 0.2) is 217 Å². The van der Waals surface area contributed by atoms with Crippen LogP contribution in [0.2, 0.25) is 0 Å². The first-order chi connectivity index (χ1) is 26.7. The molecule has 0 bridgehead atoms. The second-order valence-electron chi connectivity index (χ2n) is 13.8. The molecule has 2 heteroatoms. The molecule has 2 nitrogen and oxygen atoms in total. The third-order valence-electron chi connectivity index (χ3n) is 10.5. The minimum absolute atomic E-state index is 0.882. The number of furan rings is 1. The van der Waals surface area contributed by atoms with E-state index >= 15 is 0 Å². The van der Waals surface area contributed by atoms with Gasteiger partial charge < -0.3 is 9.32 Å². The van der Waals surface area contributed by atoms with Crippen molar-refractivity contribution in [3.05, 3.63) is 212 Å². The lowest BCUT2D eigenvalue weighted by atomic mass is 9.97. The van der Waals surface area contributed by atoms with Crippen molar-refractivity contribution in [2.75, 3.05) is 4.90 Å². The normalized spacial score (nSPS) is 11.3. The van der Waals surface area contributed by atoms with Crippen LogP contribution in [0.5, 0.6) is 0 Å². The average Bonchev–Trinajstić information content (AvgIpc) is 3.69. The van der Waals surface area contributed by atoms with Gasteiger partial charge in [0.1, 0.15) is 11.3 Å². The van der Waals surface area contributed by atoms with Crippen molar-refractivity contribution in [1.29, 1.82) is 0 Å². The Kier molecular flexibility index (Phi) is 7.85. The molecule has 1 heterocycles. The van der Waals surface area contributed by atoms with Crippen LogP contribution in [-0.2, 0) is 0 Å². The van der Waals surface area contributed by atoms with Gasteiger partial charge in [0.2, 0.25) is 0 Å². The molecule has 0 saturated heterocycles. The Morgan fingerprint density at radius 3 is 1.52 bits per heavy atom. The molecule has 0 atom stereocenters. The largest absolute Gasteiger partial charge is 0.456 e. The molecule has 0 aliphatic heterocycles. The fraction of sp³-hybridized carbons (Fsp3) is 0. The second-order valence-corrected chi connectivity index (χ2v) is 13.8. The van der Waals surface area contributed by atoms with Gasteiger partial charge in [-0.05, 0) is 98.1 Å². The molecule has 0 amide bonds. The van der Waals surface area contributed by atoms with E-state index < -0.39 is 0 Å². The fourth-order valence-electron chi connectivity index (χ4n) is 7.73. The number of rotatable bonds is 7. The highest BCUT2D eigenvalue weighted by Gasteiger charge is 2.16. The Morgan fingerprint density at radius 1 is 0.315 bits per heavy atom. The second kappa shape index (κ2) is 13.4. The molecule has 9 aromatic carbocycles. The lowest BCUT2D eigenvalue weighted by molar-refractivity contribution is 0.631. The lowest BCUT2D eigenvalue weighted by Gasteiger charge is -2.27. The van der Waals surface area contributed by atoms with Gasteiger partial charge in [-0.15, -0.1) is 0 Å². The number of benzene rings is 9. The van der Waals surface area contributed by atoms with Gasteiger partial charge in [-0.3, -0.25) is 0 Å². The van der Waals surface area contributed by atoms with Crippen molar-refractivity contribution in [3.8, 4) is 44.7 Å². The summed E-state index contributed by atoms with van der Waals surface area (Å²) in [6, 6.07) is 75.9. The van der Waals surface area contributed by atoms with E-state index in [1.807, 2.05) is 18.2 Å². The molecular weight excluding hydrogens is 655 g/mol. The van der Waals surface area contributed by atoms with E-state index in [1.165, 1.54) is 49.4 Å². The number of hydrogen-bond donors (Lipinski definition) is 0. The van der Waals surface area contributed by atoms with E-state index in [0.29, 0.717) is 0 Å². The zero-order valence-corrected chi connectivity index (χ0v) is 29.6. The van der Waals surface area contributed by atoms with E-state index in [1.54, 1.807) is 0 Å². The quantitative estimate of drug-likeness (QED) is 0.166. The molecule has 1 aromatic heterocycles. The van der Waals surface area contributed by atoms with Crippen LogP contribution in [0.1, 0.15) is 0 Å². The number of anilines is 3. The summed E-state index contributed by atoms with van der Waals surface area (Å²) in [5.74, 6) is 0.882. The van der Waals surface area contributed by atoms with Gasteiger partial charge in [0, 0.05) is 27.7 Å². The maximum Gasteiger partial charge on any atom is 0.135 e. The SMILES string of the molecule is c1cc(-c2ccc(-c3ccc(N(c4ccc(-c5cccc6ccccc56)cc4)c4cccc5ccccc45)cc3)cc2)cc(-c2cc3ccccc3o2)c1. The topological polar surface area (TPSA) is 16.4 Å². The van der Waals surface area contributed by atoms with Crippen molar-refractivity contribution in [3.63, 3.8) is 0 Å². The van der Waals surface area contributed by atoms with E-state index in [2.05, 4.69) is 199 Å². The van der Waals surface area contributed by atoms with Gasteiger partial charge >= 0.3 is 0 Å². The molecule has 10 rings (SSSR count). The van der Waals surface area contributed by atoms with Crippen LogP contribution in [0.3, 0.4) is 0 Å². The van der Waals surface area contributed by atoms with Crippen LogP contribution in [-0.4, -0.2) is 0 Å². The van der Waals surface area contributed by atoms with Gasteiger partial charge in [0.15, 0.2) is 0 Å². The summed E-state index contributed by atoms with van der Waals surface area (Å²) in [5, 5.41) is 6.05. The number of para-hydroxylation sites is 1. The summed E-state index contributed by atoms with van der Waals surface area (Å²) >= 11 is 0. The van der Waals surface area contributed by atoms with E-state index in [4.69, 9.17) is 4.42 Å². The maximum atomic E-state index is 6.16. The predicted octanol–water partition coefficient (Wildman–Crippen LogP) is 14.9. The van der Waals surface area contributed by atoms with E-state index in [9.17, 15) is 0 Å². The minimum Gasteiger partial charge on any atom is -0.456 e. The fourth-order valence-corrected chi connectivity index (χ4v) is 7.73. The maximum absolute atomic E-state index is 6.16. The molecule has 0 aliphatic carbocycles. The Labute approximate surface area is 314 Å². The zero-order chi connectivity index (χ0) is 35.8. The van der Waals surface area contributed by atoms with Crippen molar-refractivity contribution >= 4 is 49.6 Å². The van der Waals surface area contributed by atoms with Gasteiger partial charge in [-0.25, -0.2) is 0 Å². The first-order valence-electron chi connectivity index (χ1n) is 18.4. The molecular formula is C52H35NO. The summed E-state index contributed by atoms with van der Waals surface area (Å²) in [6.07, 6.45) is 0. The first kappa shape index (κ1) is 31.6. The third kappa shape index (κ3) is 5.81. The number of hydrogen-bond acceptors (Lipinski definition) is 2. The monoisotopic (exact) mass is 689 g/mol. The Balaban J connectivity index is 0.972. The first-order valence-corrected chi connectivity index (χ1v) is 18.4. The molecule has 0 fully saturated rings. The number of nitrogens with zero attached hydrogens (tertiary/aromatic N) is 1. The molecule has 0 spiro atoms. The Morgan fingerprint density at radius 2 is 0.815 bits per heavy atom. The standard InChI is InChI=1S/C52H35NO/c1-4-17-47-39(10-1)13-8-19-48(47)41-28-32-46(33-29-41)53(50-20-9-14-40-11-2-5-18-49(40)50)45-30-26-37(27-31-45)36-22-24-38(25-23-36)42-15-7-16-43(34-42)52-35-44-12-3-6-21-51(44)54-52/h1-35H. The molecule has 0 N–H and O–H groups in total. The van der Waals surface area contributed by atoms with Crippen LogP contribution >= 0.6 is 0 Å². The molecule has 0 saturated carbocycles. The van der Waals surface area contributed by atoms with Gasteiger partial charge in [0.25, 0.3) is 0 Å².